The highest BCUT2D eigenvalue weighted by Crippen LogP contribution is 2.24. The summed E-state index contributed by atoms with van der Waals surface area (Å²) >= 11 is 0. The quantitative estimate of drug-likeness (QED) is 0.919. The second-order valence-electron chi connectivity index (χ2n) is 5.18. The van der Waals surface area contributed by atoms with Crippen LogP contribution in [0.25, 0.3) is 0 Å². The van der Waals surface area contributed by atoms with Gasteiger partial charge < -0.3 is 5.11 Å². The molecule has 0 amide bonds. The average Bonchev–Trinajstić information content (AvgIpc) is 2.85. The van der Waals surface area contributed by atoms with Gasteiger partial charge in [0, 0.05) is 13.1 Å². The molecule has 1 fully saturated rings. The lowest BCUT2D eigenvalue weighted by Gasteiger charge is -2.16. The lowest BCUT2D eigenvalue weighted by Crippen LogP contribution is -2.29. The van der Waals surface area contributed by atoms with E-state index in [-0.39, 0.29) is 6.54 Å². The first-order chi connectivity index (χ1) is 8.95. The lowest BCUT2D eigenvalue weighted by molar-refractivity contribution is 0.189. The van der Waals surface area contributed by atoms with Crippen LogP contribution in [0.3, 0.4) is 0 Å². The Hall–Kier alpha value is -0.910. The summed E-state index contributed by atoms with van der Waals surface area (Å²) < 4.78 is 26.0. The molecule has 0 radical (unpaired) electrons. The van der Waals surface area contributed by atoms with Gasteiger partial charge in [-0.25, -0.2) is 8.42 Å². The Morgan fingerprint density at radius 2 is 2.00 bits per heavy atom. The zero-order chi connectivity index (χ0) is 14.0. The van der Waals surface area contributed by atoms with Crippen molar-refractivity contribution in [2.75, 3.05) is 13.1 Å². The molecule has 2 atom stereocenters. The summed E-state index contributed by atoms with van der Waals surface area (Å²) in [5.74, 6) is 0.436. The summed E-state index contributed by atoms with van der Waals surface area (Å²) in [5.41, 5.74) is 1.16. The molecule has 5 heteroatoms. The van der Waals surface area contributed by atoms with Crippen LogP contribution in [-0.4, -0.2) is 37.0 Å². The second kappa shape index (κ2) is 5.61. The van der Waals surface area contributed by atoms with Crippen LogP contribution in [0.5, 0.6) is 0 Å². The van der Waals surface area contributed by atoms with E-state index in [2.05, 4.69) is 13.8 Å². The third kappa shape index (κ3) is 2.99. The molecule has 1 aliphatic heterocycles. The van der Waals surface area contributed by atoms with Crippen molar-refractivity contribution in [2.45, 2.75) is 43.6 Å². The standard InChI is InChI=1S/C14H21NO3S/c1-3-11(2)12-4-6-14(7-5-12)19(17,18)15-9-8-13(16)10-15/h4-7,11,13,16H,3,8-10H2,1-2H3/t11?,13-/m0/s1. The highest BCUT2D eigenvalue weighted by molar-refractivity contribution is 7.89. The topological polar surface area (TPSA) is 57.6 Å². The van der Waals surface area contributed by atoms with Gasteiger partial charge in [-0.1, -0.05) is 26.0 Å². The number of aliphatic hydroxyl groups excluding tert-OH is 1. The fourth-order valence-corrected chi connectivity index (χ4v) is 3.77. The van der Waals surface area contributed by atoms with Gasteiger partial charge in [-0.05, 0) is 36.5 Å². The van der Waals surface area contributed by atoms with E-state index in [1.54, 1.807) is 12.1 Å². The van der Waals surface area contributed by atoms with Gasteiger partial charge in [0.15, 0.2) is 0 Å². The van der Waals surface area contributed by atoms with E-state index in [1.807, 2.05) is 12.1 Å². The maximum absolute atomic E-state index is 12.3. The Labute approximate surface area is 115 Å². The zero-order valence-corrected chi connectivity index (χ0v) is 12.2. The van der Waals surface area contributed by atoms with Gasteiger partial charge in [0.25, 0.3) is 0 Å². The number of aliphatic hydroxyl groups is 1. The maximum atomic E-state index is 12.3. The molecule has 1 aromatic carbocycles. The van der Waals surface area contributed by atoms with Crippen LogP contribution in [0.1, 0.15) is 38.2 Å². The first kappa shape index (κ1) is 14.5. The molecule has 0 aliphatic carbocycles. The molecule has 1 unspecified atom stereocenters. The minimum absolute atomic E-state index is 0.204. The Balaban J connectivity index is 2.22. The number of β-amino-alcohol motifs (C(OH)–C–C–N with tert-alkyl or cyclic N) is 1. The van der Waals surface area contributed by atoms with Crippen LogP contribution in [0.4, 0.5) is 0 Å². The molecule has 1 aromatic rings. The summed E-state index contributed by atoms with van der Waals surface area (Å²) in [6.07, 6.45) is 1.02. The molecule has 106 valence electrons. The van der Waals surface area contributed by atoms with E-state index in [4.69, 9.17) is 0 Å². The van der Waals surface area contributed by atoms with Crippen molar-refractivity contribution in [3.8, 4) is 0 Å². The Kier molecular flexibility index (Phi) is 4.28. The molecule has 0 spiro atoms. The third-order valence-corrected chi connectivity index (χ3v) is 5.70. The molecule has 1 heterocycles. The van der Waals surface area contributed by atoms with Gasteiger partial charge in [-0.15, -0.1) is 0 Å². The monoisotopic (exact) mass is 283 g/mol. The van der Waals surface area contributed by atoms with Gasteiger partial charge in [0.1, 0.15) is 0 Å². The molecule has 4 nitrogen and oxygen atoms in total. The van der Waals surface area contributed by atoms with Crippen LogP contribution < -0.4 is 0 Å². The largest absolute Gasteiger partial charge is 0.392 e. The second-order valence-corrected chi connectivity index (χ2v) is 7.12. The predicted molar refractivity (Wildman–Crippen MR) is 74.5 cm³/mol. The van der Waals surface area contributed by atoms with Gasteiger partial charge >= 0.3 is 0 Å². The van der Waals surface area contributed by atoms with Gasteiger partial charge in [-0.3, -0.25) is 0 Å². The summed E-state index contributed by atoms with van der Waals surface area (Å²) in [4.78, 5) is 0.314. The lowest BCUT2D eigenvalue weighted by atomic mass is 9.99. The molecule has 2 rings (SSSR count). The van der Waals surface area contributed by atoms with Gasteiger partial charge in [0.05, 0.1) is 11.0 Å². The van der Waals surface area contributed by atoms with Crippen molar-refractivity contribution in [2.24, 2.45) is 0 Å². The van der Waals surface area contributed by atoms with Crippen molar-refractivity contribution in [1.82, 2.24) is 4.31 Å². The number of sulfonamides is 1. The molecular formula is C14H21NO3S. The molecule has 1 saturated heterocycles. The molecule has 1 aliphatic rings. The number of rotatable bonds is 4. The molecular weight excluding hydrogens is 262 g/mol. The number of benzene rings is 1. The van der Waals surface area contributed by atoms with Crippen LogP contribution in [0, 0.1) is 0 Å². The highest BCUT2D eigenvalue weighted by Gasteiger charge is 2.31. The van der Waals surface area contributed by atoms with Gasteiger partial charge in [0.2, 0.25) is 10.0 Å². The van der Waals surface area contributed by atoms with E-state index in [1.165, 1.54) is 4.31 Å². The molecule has 0 saturated carbocycles. The normalized spacial score (nSPS) is 22.6. The average molecular weight is 283 g/mol. The minimum atomic E-state index is -3.45. The van der Waals surface area contributed by atoms with Crippen LogP contribution in [0.2, 0.25) is 0 Å². The molecule has 1 N–H and O–H groups in total. The smallest absolute Gasteiger partial charge is 0.243 e. The maximum Gasteiger partial charge on any atom is 0.243 e. The van der Waals surface area contributed by atoms with Crippen molar-refractivity contribution in [3.05, 3.63) is 29.8 Å². The highest BCUT2D eigenvalue weighted by atomic mass is 32.2. The van der Waals surface area contributed by atoms with E-state index in [0.717, 1.165) is 12.0 Å². The third-order valence-electron chi connectivity index (χ3n) is 3.83. The van der Waals surface area contributed by atoms with Crippen LogP contribution in [-0.2, 0) is 10.0 Å². The molecule has 19 heavy (non-hydrogen) atoms. The number of nitrogens with zero attached hydrogens (tertiary/aromatic N) is 1. The first-order valence-corrected chi connectivity index (χ1v) is 8.17. The Bertz CT molecular complexity index is 524. The molecule has 0 aromatic heterocycles. The Morgan fingerprint density at radius 1 is 1.37 bits per heavy atom. The minimum Gasteiger partial charge on any atom is -0.392 e. The van der Waals surface area contributed by atoms with Crippen LogP contribution >= 0.6 is 0 Å². The fraction of sp³-hybridized carbons (Fsp3) is 0.571. The SMILES string of the molecule is CCC(C)c1ccc(S(=O)(=O)N2CC[C@H](O)C2)cc1. The number of hydrogen-bond acceptors (Lipinski definition) is 3. The van der Waals surface area contributed by atoms with E-state index < -0.39 is 16.1 Å². The van der Waals surface area contributed by atoms with Crippen molar-refractivity contribution in [3.63, 3.8) is 0 Å². The summed E-state index contributed by atoms with van der Waals surface area (Å²) in [6.45, 7) is 4.84. The van der Waals surface area contributed by atoms with Gasteiger partial charge in [-0.2, -0.15) is 4.31 Å². The Morgan fingerprint density at radius 3 is 2.47 bits per heavy atom. The van der Waals surface area contributed by atoms with E-state index in [9.17, 15) is 13.5 Å². The zero-order valence-electron chi connectivity index (χ0n) is 11.4. The predicted octanol–water partition coefficient (Wildman–Crippen LogP) is 1.96. The van der Waals surface area contributed by atoms with Crippen molar-refractivity contribution >= 4 is 10.0 Å². The van der Waals surface area contributed by atoms with Crippen LogP contribution in [0.15, 0.2) is 29.2 Å². The molecule has 0 bridgehead atoms. The van der Waals surface area contributed by atoms with E-state index >= 15 is 0 Å². The summed E-state index contributed by atoms with van der Waals surface area (Å²) in [7, 11) is -3.45. The van der Waals surface area contributed by atoms with Crippen molar-refractivity contribution < 1.29 is 13.5 Å². The summed E-state index contributed by atoms with van der Waals surface area (Å²) in [5, 5.41) is 9.45. The number of hydrogen-bond donors (Lipinski definition) is 1. The fourth-order valence-electron chi connectivity index (χ4n) is 2.28. The van der Waals surface area contributed by atoms with E-state index in [0.29, 0.717) is 23.8 Å². The van der Waals surface area contributed by atoms with Crippen molar-refractivity contribution in [1.29, 1.82) is 0 Å². The summed E-state index contributed by atoms with van der Waals surface area (Å²) in [6, 6.07) is 7.10. The first-order valence-electron chi connectivity index (χ1n) is 6.73.